The lowest BCUT2D eigenvalue weighted by atomic mass is 10.0. The number of hydrogen-bond acceptors (Lipinski definition) is 5. The highest BCUT2D eigenvalue weighted by atomic mass is 16.2. The molecule has 108 valence electrons. The second kappa shape index (κ2) is 5.87. The fourth-order valence-corrected chi connectivity index (χ4v) is 2.49. The van der Waals surface area contributed by atoms with Crippen LogP contribution in [-0.2, 0) is 4.79 Å². The molecular weight excluding hydrogens is 266 g/mol. The molecule has 0 spiro atoms. The summed E-state index contributed by atoms with van der Waals surface area (Å²) < 4.78 is 0. The third kappa shape index (κ3) is 2.99. The number of anilines is 2. The smallest absolute Gasteiger partial charge is 0.249 e. The van der Waals surface area contributed by atoms with E-state index < -0.39 is 0 Å². The number of carbonyl (C=O) groups excluding carboxylic acids is 1. The second-order valence-corrected chi connectivity index (χ2v) is 5.03. The monoisotopic (exact) mass is 283 g/mol. The van der Waals surface area contributed by atoms with Crippen LogP contribution in [0.25, 0.3) is 0 Å². The molecule has 1 unspecified atom stereocenters. The highest BCUT2D eigenvalue weighted by Crippen LogP contribution is 2.21. The van der Waals surface area contributed by atoms with E-state index in [-0.39, 0.29) is 11.9 Å². The van der Waals surface area contributed by atoms with Gasteiger partial charge in [0, 0.05) is 18.9 Å². The highest BCUT2D eigenvalue weighted by Gasteiger charge is 2.29. The van der Waals surface area contributed by atoms with Crippen LogP contribution in [0.2, 0.25) is 0 Å². The van der Waals surface area contributed by atoms with E-state index in [4.69, 9.17) is 0 Å². The van der Waals surface area contributed by atoms with Crippen molar-refractivity contribution in [3.05, 3.63) is 42.6 Å². The van der Waals surface area contributed by atoms with E-state index in [1.165, 1.54) is 0 Å². The summed E-state index contributed by atoms with van der Waals surface area (Å²) in [5.74, 6) is 1.44. The van der Waals surface area contributed by atoms with Gasteiger partial charge < -0.3 is 10.2 Å². The minimum atomic E-state index is -0.256. The molecule has 1 atom stereocenters. The molecule has 1 amide bonds. The fraction of sp³-hybridized carbons (Fsp3) is 0.333. The maximum Gasteiger partial charge on any atom is 0.249 e. The molecule has 3 heterocycles. The van der Waals surface area contributed by atoms with Gasteiger partial charge in [0.25, 0.3) is 0 Å². The zero-order chi connectivity index (χ0) is 14.7. The molecule has 3 rings (SSSR count). The van der Waals surface area contributed by atoms with E-state index in [0.29, 0.717) is 11.6 Å². The van der Waals surface area contributed by atoms with Crippen LogP contribution in [0.1, 0.15) is 18.7 Å². The maximum absolute atomic E-state index is 12.6. The van der Waals surface area contributed by atoms with Crippen molar-refractivity contribution in [2.45, 2.75) is 25.8 Å². The molecule has 6 heteroatoms. The van der Waals surface area contributed by atoms with Gasteiger partial charge in [-0.3, -0.25) is 9.78 Å². The first kappa shape index (κ1) is 13.5. The largest absolute Gasteiger partial charge is 0.358 e. The molecule has 0 saturated carbocycles. The van der Waals surface area contributed by atoms with Crippen molar-refractivity contribution < 1.29 is 4.79 Å². The SMILES string of the molecule is Cc1nccc(NC2CCCN(c3cccnc3)C2=O)n1. The molecule has 2 aromatic heterocycles. The first-order valence-corrected chi connectivity index (χ1v) is 7.01. The van der Waals surface area contributed by atoms with Gasteiger partial charge in [-0.05, 0) is 38.0 Å². The van der Waals surface area contributed by atoms with Crippen LogP contribution >= 0.6 is 0 Å². The number of amides is 1. The van der Waals surface area contributed by atoms with E-state index in [1.807, 2.05) is 19.1 Å². The van der Waals surface area contributed by atoms with Gasteiger partial charge in [0.2, 0.25) is 5.91 Å². The van der Waals surface area contributed by atoms with Crippen molar-refractivity contribution in [2.24, 2.45) is 0 Å². The van der Waals surface area contributed by atoms with Crippen LogP contribution < -0.4 is 10.2 Å². The summed E-state index contributed by atoms with van der Waals surface area (Å²) in [5.41, 5.74) is 0.841. The third-order valence-corrected chi connectivity index (χ3v) is 3.49. The third-order valence-electron chi connectivity index (χ3n) is 3.49. The number of aryl methyl sites for hydroxylation is 1. The normalized spacial score (nSPS) is 18.6. The molecule has 2 aromatic rings. The predicted molar refractivity (Wildman–Crippen MR) is 80.0 cm³/mol. The minimum absolute atomic E-state index is 0.0607. The Labute approximate surface area is 123 Å². The highest BCUT2D eigenvalue weighted by molar-refractivity contribution is 5.99. The van der Waals surface area contributed by atoms with E-state index in [1.54, 1.807) is 29.6 Å². The van der Waals surface area contributed by atoms with Gasteiger partial charge in [-0.2, -0.15) is 0 Å². The number of rotatable bonds is 3. The molecule has 21 heavy (non-hydrogen) atoms. The van der Waals surface area contributed by atoms with E-state index in [9.17, 15) is 4.79 Å². The molecule has 0 aliphatic carbocycles. The Hall–Kier alpha value is -2.50. The molecule has 6 nitrogen and oxygen atoms in total. The van der Waals surface area contributed by atoms with E-state index >= 15 is 0 Å². The first-order chi connectivity index (χ1) is 10.2. The number of nitrogens with one attached hydrogen (secondary N) is 1. The van der Waals surface area contributed by atoms with E-state index in [2.05, 4.69) is 20.3 Å². The average Bonchev–Trinajstić information content (AvgIpc) is 2.50. The Morgan fingerprint density at radius 1 is 1.33 bits per heavy atom. The summed E-state index contributed by atoms with van der Waals surface area (Å²) in [4.78, 5) is 26.8. The average molecular weight is 283 g/mol. The lowest BCUT2D eigenvalue weighted by Gasteiger charge is -2.32. The van der Waals surface area contributed by atoms with Gasteiger partial charge in [-0.25, -0.2) is 9.97 Å². The summed E-state index contributed by atoms with van der Waals surface area (Å²) in [5, 5.41) is 3.21. The summed E-state index contributed by atoms with van der Waals surface area (Å²) in [7, 11) is 0. The van der Waals surface area contributed by atoms with E-state index in [0.717, 1.165) is 25.1 Å². The number of carbonyl (C=O) groups is 1. The second-order valence-electron chi connectivity index (χ2n) is 5.03. The van der Waals surface area contributed by atoms with Gasteiger partial charge in [-0.15, -0.1) is 0 Å². The van der Waals surface area contributed by atoms with Gasteiger partial charge >= 0.3 is 0 Å². The summed E-state index contributed by atoms with van der Waals surface area (Å²) in [6.45, 7) is 2.56. The van der Waals surface area contributed by atoms with Crippen molar-refractivity contribution in [1.29, 1.82) is 0 Å². The quantitative estimate of drug-likeness (QED) is 0.930. The molecule has 0 radical (unpaired) electrons. The fourth-order valence-electron chi connectivity index (χ4n) is 2.49. The zero-order valence-electron chi connectivity index (χ0n) is 11.9. The number of nitrogens with zero attached hydrogens (tertiary/aromatic N) is 4. The van der Waals surface area contributed by atoms with Crippen molar-refractivity contribution in [3.8, 4) is 0 Å². The lowest BCUT2D eigenvalue weighted by molar-refractivity contribution is -0.120. The predicted octanol–water partition coefficient (Wildman–Crippen LogP) is 1.79. The number of aromatic nitrogens is 3. The Bertz CT molecular complexity index is 631. The summed E-state index contributed by atoms with van der Waals surface area (Å²) >= 11 is 0. The van der Waals surface area contributed by atoms with Crippen molar-refractivity contribution >= 4 is 17.4 Å². The summed E-state index contributed by atoms with van der Waals surface area (Å²) in [6.07, 6.45) is 6.87. The Balaban J connectivity index is 1.76. The van der Waals surface area contributed by atoms with Crippen molar-refractivity contribution in [2.75, 3.05) is 16.8 Å². The van der Waals surface area contributed by atoms with Crippen LogP contribution in [0.3, 0.4) is 0 Å². The van der Waals surface area contributed by atoms with Gasteiger partial charge in [-0.1, -0.05) is 0 Å². The Kier molecular flexibility index (Phi) is 3.77. The van der Waals surface area contributed by atoms with Gasteiger partial charge in [0.1, 0.15) is 17.7 Å². The maximum atomic E-state index is 12.6. The van der Waals surface area contributed by atoms with Crippen LogP contribution in [0.4, 0.5) is 11.5 Å². The minimum Gasteiger partial charge on any atom is -0.358 e. The number of pyridine rings is 1. The van der Waals surface area contributed by atoms with Gasteiger partial charge in [0.15, 0.2) is 0 Å². The molecule has 1 N–H and O–H groups in total. The lowest BCUT2D eigenvalue weighted by Crippen LogP contribution is -2.48. The number of piperidine rings is 1. The molecule has 1 saturated heterocycles. The van der Waals surface area contributed by atoms with Crippen LogP contribution in [0, 0.1) is 6.92 Å². The molecule has 1 fully saturated rings. The van der Waals surface area contributed by atoms with Crippen molar-refractivity contribution in [1.82, 2.24) is 15.0 Å². The topological polar surface area (TPSA) is 71.0 Å². The first-order valence-electron chi connectivity index (χ1n) is 7.01. The summed E-state index contributed by atoms with van der Waals surface area (Å²) in [6, 6.07) is 5.27. The molecule has 1 aliphatic rings. The standard InChI is InChI=1S/C15H17N5O/c1-11-17-8-6-14(18-11)19-13-5-3-9-20(15(13)21)12-4-2-7-16-10-12/h2,4,6-8,10,13H,3,5,9H2,1H3,(H,17,18,19). The van der Waals surface area contributed by atoms with Crippen molar-refractivity contribution in [3.63, 3.8) is 0 Å². The molecule has 0 aromatic carbocycles. The Morgan fingerprint density at radius 2 is 2.24 bits per heavy atom. The Morgan fingerprint density at radius 3 is 3.00 bits per heavy atom. The molecule has 1 aliphatic heterocycles. The van der Waals surface area contributed by atoms with Crippen LogP contribution in [-0.4, -0.2) is 33.4 Å². The number of hydrogen-bond donors (Lipinski definition) is 1. The molecule has 0 bridgehead atoms. The van der Waals surface area contributed by atoms with Gasteiger partial charge in [0.05, 0.1) is 11.9 Å². The molecular formula is C15H17N5O. The van der Waals surface area contributed by atoms with Crippen LogP contribution in [0.15, 0.2) is 36.8 Å². The van der Waals surface area contributed by atoms with Crippen LogP contribution in [0.5, 0.6) is 0 Å². The zero-order valence-corrected chi connectivity index (χ0v) is 11.9.